The van der Waals surface area contributed by atoms with E-state index >= 15 is 0 Å². The van der Waals surface area contributed by atoms with E-state index in [0.717, 1.165) is 37.5 Å². The lowest BCUT2D eigenvalue weighted by atomic mass is 10.3. The van der Waals surface area contributed by atoms with Crippen molar-refractivity contribution in [2.45, 2.75) is 57.8 Å². The van der Waals surface area contributed by atoms with Crippen molar-refractivity contribution in [1.29, 1.82) is 0 Å². The molecule has 1 heterocycles. The van der Waals surface area contributed by atoms with Crippen LogP contribution in [0.3, 0.4) is 0 Å². The highest BCUT2D eigenvalue weighted by molar-refractivity contribution is 5.13. The molecule has 0 aliphatic heterocycles. The summed E-state index contributed by atoms with van der Waals surface area (Å²) >= 11 is 0. The summed E-state index contributed by atoms with van der Waals surface area (Å²) in [4.78, 5) is 2.51. The van der Waals surface area contributed by atoms with Crippen LogP contribution in [0.2, 0.25) is 0 Å². The predicted octanol–water partition coefficient (Wildman–Crippen LogP) is 2.52. The fourth-order valence-electron chi connectivity index (χ4n) is 2.29. The second kappa shape index (κ2) is 4.83. The maximum atomic E-state index is 5.65. The number of hydrogen-bond donors (Lipinski definition) is 1. The summed E-state index contributed by atoms with van der Waals surface area (Å²) in [6.45, 7) is 5.30. The Morgan fingerprint density at radius 1 is 1.35 bits per heavy atom. The molecule has 0 amide bonds. The summed E-state index contributed by atoms with van der Waals surface area (Å²) in [6, 6.07) is 3.80. The number of rotatable bonds is 7. The Hall–Kier alpha value is -0.800. The molecule has 0 atom stereocenters. The van der Waals surface area contributed by atoms with E-state index in [0.29, 0.717) is 0 Å². The van der Waals surface area contributed by atoms with Crippen LogP contribution in [-0.4, -0.2) is 23.5 Å². The average Bonchev–Trinajstić information content (AvgIpc) is 3.24. The third kappa shape index (κ3) is 3.11. The van der Waals surface area contributed by atoms with Crippen LogP contribution in [0.5, 0.6) is 0 Å². The van der Waals surface area contributed by atoms with Gasteiger partial charge >= 0.3 is 0 Å². The average molecular weight is 234 g/mol. The lowest BCUT2D eigenvalue weighted by Gasteiger charge is -2.17. The number of nitrogens with zero attached hydrogens (tertiary/aromatic N) is 1. The third-order valence-corrected chi connectivity index (χ3v) is 3.71. The minimum atomic E-state index is 0.770. The van der Waals surface area contributed by atoms with Crippen molar-refractivity contribution in [2.75, 3.05) is 6.54 Å². The van der Waals surface area contributed by atoms with E-state index in [1.165, 1.54) is 31.2 Å². The number of nitrogens with one attached hydrogen (secondary N) is 1. The highest BCUT2D eigenvalue weighted by atomic mass is 16.3. The van der Waals surface area contributed by atoms with E-state index in [-0.39, 0.29) is 0 Å². The van der Waals surface area contributed by atoms with Crippen molar-refractivity contribution in [3.05, 3.63) is 23.7 Å². The van der Waals surface area contributed by atoms with Crippen LogP contribution in [0.25, 0.3) is 0 Å². The van der Waals surface area contributed by atoms with Crippen molar-refractivity contribution in [1.82, 2.24) is 10.2 Å². The Bertz CT molecular complexity index is 366. The molecule has 17 heavy (non-hydrogen) atoms. The molecular formula is C14H22N2O. The van der Waals surface area contributed by atoms with Gasteiger partial charge < -0.3 is 9.73 Å². The zero-order chi connectivity index (χ0) is 11.7. The standard InChI is InChI=1S/C14H22N2O/c1-2-16(13-5-6-13)9-14-7-11(10-17-14)8-15-12-3-4-12/h7,10,12-13,15H,2-6,8-9H2,1H3. The van der Waals surface area contributed by atoms with E-state index < -0.39 is 0 Å². The Morgan fingerprint density at radius 2 is 2.18 bits per heavy atom. The maximum absolute atomic E-state index is 5.65. The molecular weight excluding hydrogens is 212 g/mol. The third-order valence-electron chi connectivity index (χ3n) is 3.71. The Balaban J connectivity index is 1.51. The molecule has 3 rings (SSSR count). The van der Waals surface area contributed by atoms with Crippen molar-refractivity contribution in [2.24, 2.45) is 0 Å². The molecule has 2 fully saturated rings. The van der Waals surface area contributed by atoms with E-state index in [1.807, 2.05) is 6.26 Å². The van der Waals surface area contributed by atoms with Gasteiger partial charge in [-0.05, 0) is 38.3 Å². The van der Waals surface area contributed by atoms with Crippen LogP contribution >= 0.6 is 0 Å². The van der Waals surface area contributed by atoms with Crippen molar-refractivity contribution < 1.29 is 4.42 Å². The molecule has 0 saturated heterocycles. The van der Waals surface area contributed by atoms with Gasteiger partial charge in [-0.1, -0.05) is 6.92 Å². The maximum Gasteiger partial charge on any atom is 0.118 e. The first-order valence-electron chi connectivity index (χ1n) is 6.89. The molecule has 3 nitrogen and oxygen atoms in total. The monoisotopic (exact) mass is 234 g/mol. The van der Waals surface area contributed by atoms with Gasteiger partial charge in [0.1, 0.15) is 5.76 Å². The van der Waals surface area contributed by atoms with Crippen LogP contribution in [-0.2, 0) is 13.1 Å². The quantitative estimate of drug-likeness (QED) is 0.786. The fraction of sp³-hybridized carbons (Fsp3) is 0.714. The molecule has 1 N–H and O–H groups in total. The van der Waals surface area contributed by atoms with E-state index in [9.17, 15) is 0 Å². The summed E-state index contributed by atoms with van der Waals surface area (Å²) in [7, 11) is 0. The largest absolute Gasteiger partial charge is 0.468 e. The summed E-state index contributed by atoms with van der Waals surface area (Å²) in [5.74, 6) is 1.12. The van der Waals surface area contributed by atoms with Gasteiger partial charge in [-0.25, -0.2) is 0 Å². The van der Waals surface area contributed by atoms with Gasteiger partial charge in [0.05, 0.1) is 12.8 Å². The lowest BCUT2D eigenvalue weighted by molar-refractivity contribution is 0.246. The SMILES string of the molecule is CCN(Cc1cc(CNC2CC2)co1)C1CC1. The lowest BCUT2D eigenvalue weighted by Crippen LogP contribution is -2.24. The van der Waals surface area contributed by atoms with Gasteiger partial charge in [0.15, 0.2) is 0 Å². The molecule has 0 bridgehead atoms. The van der Waals surface area contributed by atoms with Gasteiger partial charge in [-0.15, -0.1) is 0 Å². The van der Waals surface area contributed by atoms with Gasteiger partial charge in [0.25, 0.3) is 0 Å². The van der Waals surface area contributed by atoms with Crippen LogP contribution in [0.4, 0.5) is 0 Å². The number of hydrogen-bond acceptors (Lipinski definition) is 3. The second-order valence-corrected chi connectivity index (χ2v) is 5.37. The molecule has 1 aromatic heterocycles. The molecule has 2 aliphatic carbocycles. The molecule has 1 aromatic rings. The van der Waals surface area contributed by atoms with Gasteiger partial charge in [-0.2, -0.15) is 0 Å². The first-order chi connectivity index (χ1) is 8.35. The van der Waals surface area contributed by atoms with Crippen LogP contribution in [0.15, 0.2) is 16.7 Å². The van der Waals surface area contributed by atoms with Crippen LogP contribution in [0, 0.1) is 0 Å². The summed E-state index contributed by atoms with van der Waals surface area (Å²) in [5, 5.41) is 3.52. The molecule has 0 spiro atoms. The van der Waals surface area contributed by atoms with E-state index in [4.69, 9.17) is 4.42 Å². The number of furan rings is 1. The van der Waals surface area contributed by atoms with Crippen LogP contribution in [0.1, 0.15) is 43.9 Å². The first-order valence-corrected chi connectivity index (χ1v) is 6.89. The summed E-state index contributed by atoms with van der Waals surface area (Å²) < 4.78 is 5.65. The molecule has 0 unspecified atom stereocenters. The van der Waals surface area contributed by atoms with Crippen molar-refractivity contribution in [3.8, 4) is 0 Å². The highest BCUT2D eigenvalue weighted by Crippen LogP contribution is 2.28. The van der Waals surface area contributed by atoms with Crippen molar-refractivity contribution >= 4 is 0 Å². The summed E-state index contributed by atoms with van der Waals surface area (Å²) in [6.07, 6.45) is 7.33. The van der Waals surface area contributed by atoms with Crippen molar-refractivity contribution in [3.63, 3.8) is 0 Å². The zero-order valence-corrected chi connectivity index (χ0v) is 10.6. The predicted molar refractivity (Wildman–Crippen MR) is 67.7 cm³/mol. The Labute approximate surface area is 103 Å². The van der Waals surface area contributed by atoms with E-state index in [1.54, 1.807) is 0 Å². The minimum Gasteiger partial charge on any atom is -0.468 e. The minimum absolute atomic E-state index is 0.770. The van der Waals surface area contributed by atoms with E-state index in [2.05, 4.69) is 23.2 Å². The molecule has 0 radical (unpaired) electrons. The molecule has 3 heteroatoms. The fourth-order valence-corrected chi connectivity index (χ4v) is 2.29. The summed E-state index contributed by atoms with van der Waals surface area (Å²) in [5.41, 5.74) is 1.29. The Kier molecular flexibility index (Phi) is 3.21. The van der Waals surface area contributed by atoms with Crippen LogP contribution < -0.4 is 5.32 Å². The van der Waals surface area contributed by atoms with Gasteiger partial charge in [0.2, 0.25) is 0 Å². The first kappa shape index (κ1) is 11.3. The molecule has 0 aromatic carbocycles. The molecule has 2 saturated carbocycles. The molecule has 2 aliphatic rings. The zero-order valence-electron chi connectivity index (χ0n) is 10.6. The molecule has 94 valence electrons. The topological polar surface area (TPSA) is 28.4 Å². The highest BCUT2D eigenvalue weighted by Gasteiger charge is 2.28. The Morgan fingerprint density at radius 3 is 2.82 bits per heavy atom. The van der Waals surface area contributed by atoms with Gasteiger partial charge in [-0.3, -0.25) is 4.90 Å². The smallest absolute Gasteiger partial charge is 0.118 e. The normalized spacial score (nSPS) is 20.1. The van der Waals surface area contributed by atoms with Gasteiger partial charge in [0, 0.05) is 24.2 Å². The second-order valence-electron chi connectivity index (χ2n) is 5.37.